The Balaban J connectivity index is 1.84. The maximum absolute atomic E-state index is 11.0. The van der Waals surface area contributed by atoms with Crippen LogP contribution in [0, 0.1) is 5.92 Å². The van der Waals surface area contributed by atoms with Crippen molar-refractivity contribution in [2.45, 2.75) is 24.5 Å². The van der Waals surface area contributed by atoms with Crippen LogP contribution in [0.4, 0.5) is 4.79 Å². The lowest BCUT2D eigenvalue weighted by molar-refractivity contribution is -0.172. The van der Waals surface area contributed by atoms with Crippen LogP contribution in [0.3, 0.4) is 0 Å². The standard InChI is InChI=1S/C8H11NO3/c10-7-9-6(5-1-2-5)8(12-7)3-11-4-8/h5-6H,1-4H2,(H,9,10). The lowest BCUT2D eigenvalue weighted by Gasteiger charge is -2.39. The fourth-order valence-electron chi connectivity index (χ4n) is 2.05. The van der Waals surface area contributed by atoms with E-state index in [1.54, 1.807) is 0 Å². The second-order valence-electron chi connectivity index (χ2n) is 3.91. The van der Waals surface area contributed by atoms with Crippen LogP contribution in [0.25, 0.3) is 0 Å². The van der Waals surface area contributed by atoms with E-state index in [0.717, 1.165) is 0 Å². The monoisotopic (exact) mass is 169 g/mol. The average Bonchev–Trinajstić information content (AvgIpc) is 2.72. The van der Waals surface area contributed by atoms with Gasteiger partial charge in [0.1, 0.15) is 0 Å². The summed E-state index contributed by atoms with van der Waals surface area (Å²) in [5.41, 5.74) is -0.293. The number of carbonyl (C=O) groups is 1. The predicted molar refractivity (Wildman–Crippen MR) is 39.7 cm³/mol. The summed E-state index contributed by atoms with van der Waals surface area (Å²) in [5.74, 6) is 0.639. The highest BCUT2D eigenvalue weighted by Gasteiger charge is 2.59. The van der Waals surface area contributed by atoms with Crippen LogP contribution in [0.2, 0.25) is 0 Å². The molecule has 0 radical (unpaired) electrons. The Kier molecular flexibility index (Phi) is 1.08. The van der Waals surface area contributed by atoms with Crippen molar-refractivity contribution < 1.29 is 14.3 Å². The molecule has 4 nitrogen and oxygen atoms in total. The van der Waals surface area contributed by atoms with Crippen LogP contribution < -0.4 is 5.32 Å². The van der Waals surface area contributed by atoms with E-state index in [9.17, 15) is 4.79 Å². The third-order valence-corrected chi connectivity index (χ3v) is 2.92. The molecule has 1 amide bonds. The molecule has 66 valence electrons. The van der Waals surface area contributed by atoms with Crippen molar-refractivity contribution in [3.05, 3.63) is 0 Å². The van der Waals surface area contributed by atoms with Crippen LogP contribution in [-0.2, 0) is 9.47 Å². The van der Waals surface area contributed by atoms with Gasteiger partial charge < -0.3 is 14.8 Å². The SMILES string of the molecule is O=C1NC(C2CC2)C2(COC2)O1. The highest BCUT2D eigenvalue weighted by molar-refractivity contribution is 5.71. The number of rotatable bonds is 1. The van der Waals surface area contributed by atoms with Crippen LogP contribution in [0.5, 0.6) is 0 Å². The number of hydrogen-bond donors (Lipinski definition) is 1. The zero-order valence-corrected chi connectivity index (χ0v) is 6.71. The number of hydrogen-bond acceptors (Lipinski definition) is 3. The van der Waals surface area contributed by atoms with Crippen molar-refractivity contribution in [3.8, 4) is 0 Å². The summed E-state index contributed by atoms with van der Waals surface area (Å²) in [6.07, 6.45) is 2.17. The molecule has 0 aromatic rings. The minimum absolute atomic E-state index is 0.221. The van der Waals surface area contributed by atoms with Gasteiger partial charge in [-0.2, -0.15) is 0 Å². The van der Waals surface area contributed by atoms with Gasteiger partial charge in [0.2, 0.25) is 0 Å². The zero-order valence-electron chi connectivity index (χ0n) is 6.71. The molecular weight excluding hydrogens is 158 g/mol. The summed E-state index contributed by atoms with van der Waals surface area (Å²) in [6.45, 7) is 1.15. The van der Waals surface area contributed by atoms with E-state index in [4.69, 9.17) is 9.47 Å². The summed E-state index contributed by atoms with van der Waals surface area (Å²) in [5, 5.41) is 2.87. The number of carbonyl (C=O) groups excluding carboxylic acids is 1. The first-order valence-electron chi connectivity index (χ1n) is 4.37. The number of amides is 1. The van der Waals surface area contributed by atoms with Crippen LogP contribution >= 0.6 is 0 Å². The van der Waals surface area contributed by atoms with Crippen molar-refractivity contribution in [3.63, 3.8) is 0 Å². The van der Waals surface area contributed by atoms with E-state index in [0.29, 0.717) is 19.1 Å². The molecule has 1 N–H and O–H groups in total. The molecule has 1 atom stereocenters. The Morgan fingerprint density at radius 3 is 2.67 bits per heavy atom. The maximum Gasteiger partial charge on any atom is 0.408 e. The molecule has 3 rings (SSSR count). The van der Waals surface area contributed by atoms with Crippen molar-refractivity contribution in [1.29, 1.82) is 0 Å². The van der Waals surface area contributed by atoms with Gasteiger partial charge >= 0.3 is 6.09 Å². The first-order chi connectivity index (χ1) is 5.80. The Bertz CT molecular complexity index is 232. The topological polar surface area (TPSA) is 47.6 Å². The summed E-state index contributed by atoms with van der Waals surface area (Å²) in [4.78, 5) is 11.0. The van der Waals surface area contributed by atoms with Gasteiger partial charge in [-0.05, 0) is 18.8 Å². The molecule has 12 heavy (non-hydrogen) atoms. The molecule has 2 heterocycles. The smallest absolute Gasteiger partial charge is 0.408 e. The molecule has 3 fully saturated rings. The van der Waals surface area contributed by atoms with Gasteiger partial charge in [-0.25, -0.2) is 4.79 Å². The molecule has 1 spiro atoms. The molecule has 0 bridgehead atoms. The highest BCUT2D eigenvalue weighted by atomic mass is 16.6. The van der Waals surface area contributed by atoms with Gasteiger partial charge in [0, 0.05) is 0 Å². The summed E-state index contributed by atoms with van der Waals surface area (Å²) >= 11 is 0. The van der Waals surface area contributed by atoms with Crippen molar-refractivity contribution in [2.75, 3.05) is 13.2 Å². The maximum atomic E-state index is 11.0. The van der Waals surface area contributed by atoms with Gasteiger partial charge in [-0.1, -0.05) is 0 Å². The van der Waals surface area contributed by atoms with Crippen LogP contribution in [0.15, 0.2) is 0 Å². The van der Waals surface area contributed by atoms with Crippen LogP contribution in [0.1, 0.15) is 12.8 Å². The third kappa shape index (κ3) is 0.732. The van der Waals surface area contributed by atoms with E-state index >= 15 is 0 Å². The Morgan fingerprint density at radius 2 is 2.17 bits per heavy atom. The van der Waals surface area contributed by atoms with Gasteiger partial charge in [-0.3, -0.25) is 0 Å². The molecule has 4 heteroatoms. The summed E-state index contributed by atoms with van der Waals surface area (Å²) in [7, 11) is 0. The molecule has 2 saturated heterocycles. The Labute approximate surface area is 70.2 Å². The molecule has 3 aliphatic rings. The normalized spacial score (nSPS) is 37.3. The second kappa shape index (κ2) is 1.93. The summed E-state index contributed by atoms with van der Waals surface area (Å²) in [6, 6.07) is 0.221. The van der Waals surface area contributed by atoms with E-state index in [1.165, 1.54) is 12.8 Å². The lowest BCUT2D eigenvalue weighted by atomic mass is 9.89. The number of ether oxygens (including phenoxy) is 2. The number of nitrogens with one attached hydrogen (secondary N) is 1. The molecule has 2 aliphatic heterocycles. The summed E-state index contributed by atoms with van der Waals surface area (Å²) < 4.78 is 10.3. The minimum atomic E-state index is -0.293. The average molecular weight is 169 g/mol. The van der Waals surface area contributed by atoms with E-state index in [1.807, 2.05) is 0 Å². The highest BCUT2D eigenvalue weighted by Crippen LogP contribution is 2.43. The second-order valence-corrected chi connectivity index (χ2v) is 3.91. The minimum Gasteiger partial charge on any atom is -0.436 e. The van der Waals surface area contributed by atoms with Crippen molar-refractivity contribution >= 4 is 6.09 Å². The number of alkyl carbamates (subject to hydrolysis) is 1. The zero-order chi connectivity index (χ0) is 8.18. The van der Waals surface area contributed by atoms with Crippen LogP contribution in [-0.4, -0.2) is 30.9 Å². The Morgan fingerprint density at radius 1 is 1.42 bits per heavy atom. The van der Waals surface area contributed by atoms with Gasteiger partial charge in [0.25, 0.3) is 0 Å². The quantitative estimate of drug-likeness (QED) is 0.613. The van der Waals surface area contributed by atoms with E-state index < -0.39 is 0 Å². The molecule has 0 aromatic carbocycles. The molecule has 1 aliphatic carbocycles. The predicted octanol–water partition coefficient (Wildman–Crippen LogP) is 0.274. The fourth-order valence-corrected chi connectivity index (χ4v) is 2.05. The van der Waals surface area contributed by atoms with E-state index in [-0.39, 0.29) is 17.7 Å². The molecule has 1 saturated carbocycles. The first kappa shape index (κ1) is 6.71. The van der Waals surface area contributed by atoms with Gasteiger partial charge in [0.05, 0.1) is 19.3 Å². The van der Waals surface area contributed by atoms with E-state index in [2.05, 4.69) is 5.32 Å². The van der Waals surface area contributed by atoms with Gasteiger partial charge in [0.15, 0.2) is 5.60 Å². The van der Waals surface area contributed by atoms with Crippen molar-refractivity contribution in [2.24, 2.45) is 5.92 Å². The first-order valence-corrected chi connectivity index (χ1v) is 4.37. The fraction of sp³-hybridized carbons (Fsp3) is 0.875. The largest absolute Gasteiger partial charge is 0.436 e. The van der Waals surface area contributed by atoms with Crippen molar-refractivity contribution in [1.82, 2.24) is 5.32 Å². The lowest BCUT2D eigenvalue weighted by Crippen LogP contribution is -2.59. The van der Waals surface area contributed by atoms with Gasteiger partial charge in [-0.15, -0.1) is 0 Å². The Hall–Kier alpha value is -0.770. The molecule has 1 unspecified atom stereocenters. The molecular formula is C8H11NO3. The molecule has 0 aromatic heterocycles. The third-order valence-electron chi connectivity index (χ3n) is 2.92.